The minimum Gasteiger partial charge on any atom is -0.495 e. The molecule has 25 heavy (non-hydrogen) atoms. The van der Waals surface area contributed by atoms with Gasteiger partial charge in [0.2, 0.25) is 5.91 Å². The lowest BCUT2D eigenvalue weighted by molar-refractivity contribution is -0.384. The molecule has 1 amide bonds. The van der Waals surface area contributed by atoms with E-state index < -0.39 is 4.92 Å². The summed E-state index contributed by atoms with van der Waals surface area (Å²) in [6, 6.07) is 4.15. The lowest BCUT2D eigenvalue weighted by atomic mass is 10.1. The number of hydrogen-bond acceptors (Lipinski definition) is 5. The van der Waals surface area contributed by atoms with E-state index >= 15 is 0 Å². The highest BCUT2D eigenvalue weighted by Gasteiger charge is 2.15. The number of nitro groups is 1. The quantitative estimate of drug-likeness (QED) is 0.515. The zero-order valence-corrected chi connectivity index (χ0v) is 15.7. The van der Waals surface area contributed by atoms with Crippen LogP contribution in [-0.2, 0) is 4.79 Å². The molecule has 0 bridgehead atoms. The second-order valence-corrected chi connectivity index (χ2v) is 6.99. The Labute approximate surface area is 149 Å². The Hall–Kier alpha value is -2.15. The van der Waals surface area contributed by atoms with Gasteiger partial charge in [-0.15, -0.1) is 0 Å². The minimum absolute atomic E-state index is 0.0858. The van der Waals surface area contributed by atoms with E-state index in [9.17, 15) is 14.9 Å². The van der Waals surface area contributed by atoms with Gasteiger partial charge in [-0.25, -0.2) is 0 Å². The van der Waals surface area contributed by atoms with Crippen molar-refractivity contribution in [2.75, 3.05) is 32.1 Å². The lowest BCUT2D eigenvalue weighted by Gasteiger charge is -2.25. The second-order valence-electron chi connectivity index (χ2n) is 6.99. The number of methoxy groups -OCH3 is 1. The molecule has 1 aromatic rings. The van der Waals surface area contributed by atoms with Gasteiger partial charge in [0.15, 0.2) is 0 Å². The van der Waals surface area contributed by atoms with E-state index in [2.05, 4.69) is 37.9 Å². The van der Waals surface area contributed by atoms with Crippen molar-refractivity contribution in [1.29, 1.82) is 0 Å². The average Bonchev–Trinajstić information content (AvgIpc) is 2.51. The van der Waals surface area contributed by atoms with Crippen molar-refractivity contribution in [3.63, 3.8) is 0 Å². The molecule has 0 saturated heterocycles. The molecule has 0 unspecified atom stereocenters. The Balaban J connectivity index is 2.71. The highest BCUT2D eigenvalue weighted by Crippen LogP contribution is 2.28. The maximum Gasteiger partial charge on any atom is 0.271 e. The van der Waals surface area contributed by atoms with E-state index in [0.717, 1.165) is 13.1 Å². The van der Waals surface area contributed by atoms with Crippen LogP contribution in [0, 0.1) is 22.0 Å². The molecule has 0 spiro atoms. The van der Waals surface area contributed by atoms with E-state index in [1.165, 1.54) is 25.3 Å². The maximum absolute atomic E-state index is 12.3. The first-order valence-corrected chi connectivity index (χ1v) is 8.57. The molecule has 0 aliphatic carbocycles. The van der Waals surface area contributed by atoms with Crippen LogP contribution in [0.5, 0.6) is 5.75 Å². The summed E-state index contributed by atoms with van der Waals surface area (Å²) in [5, 5.41) is 13.6. The normalized spacial score (nSPS) is 11.2. The fraction of sp³-hybridized carbons (Fsp3) is 0.611. The summed E-state index contributed by atoms with van der Waals surface area (Å²) in [7, 11) is 1.46. The molecular weight excluding hydrogens is 322 g/mol. The third-order valence-electron chi connectivity index (χ3n) is 3.57. The van der Waals surface area contributed by atoms with Gasteiger partial charge >= 0.3 is 0 Å². The number of anilines is 1. The smallest absolute Gasteiger partial charge is 0.271 e. The van der Waals surface area contributed by atoms with Crippen molar-refractivity contribution >= 4 is 17.3 Å². The average molecular weight is 351 g/mol. The van der Waals surface area contributed by atoms with Crippen molar-refractivity contribution in [3.8, 4) is 5.75 Å². The monoisotopic (exact) mass is 351 g/mol. The van der Waals surface area contributed by atoms with Crippen molar-refractivity contribution in [2.24, 2.45) is 11.8 Å². The molecular formula is C18H29N3O4. The summed E-state index contributed by atoms with van der Waals surface area (Å²) in [6.45, 7) is 11.1. The Morgan fingerprint density at radius 1 is 1.24 bits per heavy atom. The van der Waals surface area contributed by atoms with Crippen molar-refractivity contribution in [1.82, 2.24) is 4.90 Å². The summed E-state index contributed by atoms with van der Waals surface area (Å²) in [6.07, 6.45) is 0.325. The van der Waals surface area contributed by atoms with Gasteiger partial charge in [-0.3, -0.25) is 14.9 Å². The zero-order chi connectivity index (χ0) is 19.0. The van der Waals surface area contributed by atoms with Crippen LogP contribution in [0.4, 0.5) is 11.4 Å². The first kappa shape index (κ1) is 20.9. The molecule has 0 heterocycles. The van der Waals surface area contributed by atoms with Gasteiger partial charge in [-0.2, -0.15) is 0 Å². The first-order valence-electron chi connectivity index (χ1n) is 8.57. The lowest BCUT2D eigenvalue weighted by Crippen LogP contribution is -2.34. The van der Waals surface area contributed by atoms with Gasteiger partial charge in [0, 0.05) is 38.2 Å². The Bertz CT molecular complexity index is 578. The SMILES string of the molecule is COc1ccc([N+](=O)[O-])cc1NC(=O)CCN(CC(C)C)CC(C)C. The van der Waals surface area contributed by atoms with E-state index in [-0.39, 0.29) is 11.6 Å². The van der Waals surface area contributed by atoms with Crippen LogP contribution in [0.25, 0.3) is 0 Å². The minimum atomic E-state index is -0.498. The molecule has 7 nitrogen and oxygen atoms in total. The molecule has 0 radical (unpaired) electrons. The highest BCUT2D eigenvalue weighted by atomic mass is 16.6. The van der Waals surface area contributed by atoms with E-state index in [1.807, 2.05) is 0 Å². The molecule has 0 aliphatic heterocycles. The fourth-order valence-corrected chi connectivity index (χ4v) is 2.67. The third-order valence-corrected chi connectivity index (χ3v) is 3.57. The molecule has 1 aromatic carbocycles. The number of rotatable bonds is 10. The predicted molar refractivity (Wildman–Crippen MR) is 99.0 cm³/mol. The van der Waals surface area contributed by atoms with Gasteiger partial charge in [-0.1, -0.05) is 27.7 Å². The molecule has 7 heteroatoms. The van der Waals surface area contributed by atoms with Crippen molar-refractivity contribution < 1.29 is 14.5 Å². The summed E-state index contributed by atoms with van der Waals surface area (Å²) >= 11 is 0. The fourth-order valence-electron chi connectivity index (χ4n) is 2.67. The van der Waals surface area contributed by atoms with Gasteiger partial charge in [0.05, 0.1) is 17.7 Å². The van der Waals surface area contributed by atoms with Crippen LogP contribution in [0.1, 0.15) is 34.1 Å². The topological polar surface area (TPSA) is 84.7 Å². The summed E-state index contributed by atoms with van der Waals surface area (Å²) < 4.78 is 5.16. The molecule has 1 N–H and O–H groups in total. The third kappa shape index (κ3) is 7.51. The summed E-state index contributed by atoms with van der Waals surface area (Å²) in [4.78, 5) is 25.0. The zero-order valence-electron chi connectivity index (χ0n) is 15.7. The Kier molecular flexibility index (Phi) is 8.34. The molecule has 0 atom stereocenters. The molecule has 0 aliphatic rings. The number of nitrogens with one attached hydrogen (secondary N) is 1. The number of hydrogen-bond donors (Lipinski definition) is 1. The van der Waals surface area contributed by atoms with E-state index in [0.29, 0.717) is 36.2 Å². The number of ether oxygens (including phenoxy) is 1. The number of nitrogens with zero attached hydrogens (tertiary/aromatic N) is 2. The number of benzene rings is 1. The largest absolute Gasteiger partial charge is 0.495 e. The number of nitro benzene ring substituents is 1. The Morgan fingerprint density at radius 3 is 2.32 bits per heavy atom. The van der Waals surface area contributed by atoms with Gasteiger partial charge in [-0.05, 0) is 17.9 Å². The molecule has 140 valence electrons. The standard InChI is InChI=1S/C18H29N3O4/c1-13(2)11-20(12-14(3)4)9-8-18(22)19-16-10-15(21(23)24)6-7-17(16)25-5/h6-7,10,13-14H,8-9,11-12H2,1-5H3,(H,19,22). The Morgan fingerprint density at radius 2 is 1.84 bits per heavy atom. The van der Waals surface area contributed by atoms with Crippen LogP contribution >= 0.6 is 0 Å². The van der Waals surface area contributed by atoms with Gasteiger partial charge in [0.1, 0.15) is 5.75 Å². The number of non-ortho nitro benzene ring substituents is 1. The second kappa shape index (κ2) is 9.98. The van der Waals surface area contributed by atoms with Crippen LogP contribution in [0.2, 0.25) is 0 Å². The van der Waals surface area contributed by atoms with Crippen LogP contribution in [-0.4, -0.2) is 42.5 Å². The van der Waals surface area contributed by atoms with E-state index in [4.69, 9.17) is 4.74 Å². The van der Waals surface area contributed by atoms with Crippen molar-refractivity contribution in [2.45, 2.75) is 34.1 Å². The van der Waals surface area contributed by atoms with Crippen molar-refractivity contribution in [3.05, 3.63) is 28.3 Å². The molecule has 0 saturated carbocycles. The predicted octanol–water partition coefficient (Wildman–Crippen LogP) is 3.55. The van der Waals surface area contributed by atoms with Crippen LogP contribution < -0.4 is 10.1 Å². The summed E-state index contributed by atoms with van der Waals surface area (Å²) in [5.41, 5.74) is 0.235. The highest BCUT2D eigenvalue weighted by molar-refractivity contribution is 5.92. The summed E-state index contributed by atoms with van der Waals surface area (Å²) in [5.74, 6) is 1.27. The number of carbonyl (C=O) groups excluding carboxylic acids is 1. The van der Waals surface area contributed by atoms with Gasteiger partial charge < -0.3 is 15.0 Å². The first-order chi connectivity index (χ1) is 11.7. The molecule has 0 fully saturated rings. The van der Waals surface area contributed by atoms with Crippen LogP contribution in [0.15, 0.2) is 18.2 Å². The maximum atomic E-state index is 12.3. The van der Waals surface area contributed by atoms with E-state index in [1.54, 1.807) is 0 Å². The van der Waals surface area contributed by atoms with Gasteiger partial charge in [0.25, 0.3) is 5.69 Å². The van der Waals surface area contributed by atoms with Crippen LogP contribution in [0.3, 0.4) is 0 Å². The number of carbonyl (C=O) groups is 1. The molecule has 0 aromatic heterocycles. The number of amides is 1. The molecule has 1 rings (SSSR count).